The highest BCUT2D eigenvalue weighted by atomic mass is 17.0. The van der Waals surface area contributed by atoms with Gasteiger partial charge in [0.2, 0.25) is 0 Å². The summed E-state index contributed by atoms with van der Waals surface area (Å²) in [7, 11) is 2.44. The highest BCUT2D eigenvalue weighted by Crippen LogP contribution is 2.45. The zero-order chi connectivity index (χ0) is 27.8. The second-order valence-corrected chi connectivity index (χ2v) is 7.13. The number of carbonyl (C=O) groups is 6. The molecule has 1 rings (SSSR count). The van der Waals surface area contributed by atoms with Gasteiger partial charge in [-0.05, 0) is 0 Å². The van der Waals surface area contributed by atoms with E-state index in [4.69, 9.17) is 18.9 Å². The van der Waals surface area contributed by atoms with Gasteiger partial charge in [-0.1, -0.05) is 0 Å². The molecule has 1 aliphatic heterocycles. The Morgan fingerprint density at radius 2 is 1.36 bits per heavy atom. The standard InChI is InChI=1S/C19H25NO16/c1-8(21)32-7-11-14(33-9(2)22)15(34-10(3)23)13(12(16(24)29-4)17(25)30-5)19(35-11,18(26)31-6)36-20(27)28/h11-15H,7H2,1-6H3/t11-,13-,14+,15-,19-/m1/s1. The minimum atomic E-state index is -3.33. The largest absolute Gasteiger partial charge is 0.468 e. The van der Waals surface area contributed by atoms with Gasteiger partial charge in [-0.15, -0.1) is 10.1 Å². The van der Waals surface area contributed by atoms with Crippen LogP contribution in [-0.2, 0) is 66.8 Å². The molecule has 0 aromatic heterocycles. The molecule has 0 saturated carbocycles. The predicted octanol–water partition coefficient (Wildman–Crippen LogP) is -1.53. The van der Waals surface area contributed by atoms with Gasteiger partial charge < -0.3 is 33.2 Å². The van der Waals surface area contributed by atoms with Crippen molar-refractivity contribution in [3.8, 4) is 0 Å². The highest BCUT2D eigenvalue weighted by molar-refractivity contribution is 5.96. The van der Waals surface area contributed by atoms with E-state index >= 15 is 0 Å². The normalized spacial score (nSPS) is 25.1. The van der Waals surface area contributed by atoms with E-state index in [2.05, 4.69) is 19.0 Å². The maximum atomic E-state index is 13.0. The molecule has 5 atom stereocenters. The molecule has 202 valence electrons. The van der Waals surface area contributed by atoms with Gasteiger partial charge in [-0.2, -0.15) is 0 Å². The average Bonchev–Trinajstić information content (AvgIpc) is 2.79. The summed E-state index contributed by atoms with van der Waals surface area (Å²) in [6.07, 6.45) is -5.64. The Labute approximate surface area is 203 Å². The minimum Gasteiger partial charge on any atom is -0.468 e. The third kappa shape index (κ3) is 6.77. The van der Waals surface area contributed by atoms with Crippen LogP contribution in [0.3, 0.4) is 0 Å². The number of ether oxygens (including phenoxy) is 7. The zero-order valence-electron chi connectivity index (χ0n) is 20.1. The van der Waals surface area contributed by atoms with E-state index < -0.39 is 83.4 Å². The third-order valence-electron chi connectivity index (χ3n) is 4.81. The Balaban J connectivity index is 4.07. The van der Waals surface area contributed by atoms with Crippen LogP contribution in [0, 0.1) is 22.0 Å². The van der Waals surface area contributed by atoms with Crippen molar-refractivity contribution in [3.63, 3.8) is 0 Å². The molecule has 17 nitrogen and oxygen atoms in total. The van der Waals surface area contributed by atoms with Crippen LogP contribution < -0.4 is 0 Å². The van der Waals surface area contributed by atoms with Gasteiger partial charge in [0.15, 0.2) is 18.1 Å². The Hall–Kier alpha value is -4.02. The van der Waals surface area contributed by atoms with E-state index in [1.165, 1.54) is 0 Å². The lowest BCUT2D eigenvalue weighted by Gasteiger charge is -2.49. The summed E-state index contributed by atoms with van der Waals surface area (Å²) in [5.74, 6) is -15.4. The fourth-order valence-electron chi connectivity index (χ4n) is 3.61. The number of carbonyl (C=O) groups excluding carboxylic acids is 6. The van der Waals surface area contributed by atoms with Crippen LogP contribution in [0.4, 0.5) is 0 Å². The van der Waals surface area contributed by atoms with Crippen LogP contribution >= 0.6 is 0 Å². The first kappa shape index (κ1) is 30.0. The van der Waals surface area contributed by atoms with E-state index in [1.807, 2.05) is 0 Å². The summed E-state index contributed by atoms with van der Waals surface area (Å²) < 4.78 is 34.4. The SMILES string of the molecule is COC(=O)C(C(=O)OC)[C@@H]1[C@@H](OC(C)=O)[C@@H](OC(C)=O)[C@@H](COC(C)=O)O[C@]1(O[N+](=O)[O-])C(=O)OC. The number of hydrogen-bond donors (Lipinski definition) is 0. The average molecular weight is 523 g/mol. The van der Waals surface area contributed by atoms with Gasteiger partial charge in [0, 0.05) is 20.8 Å². The van der Waals surface area contributed by atoms with Crippen molar-refractivity contribution in [2.75, 3.05) is 27.9 Å². The molecule has 0 N–H and O–H groups in total. The fourth-order valence-corrected chi connectivity index (χ4v) is 3.61. The van der Waals surface area contributed by atoms with Crippen molar-refractivity contribution >= 4 is 35.8 Å². The van der Waals surface area contributed by atoms with Gasteiger partial charge in [0.25, 0.3) is 5.09 Å². The molecule has 0 amide bonds. The van der Waals surface area contributed by atoms with Crippen LogP contribution in [0.5, 0.6) is 0 Å². The van der Waals surface area contributed by atoms with E-state index in [1.54, 1.807) is 0 Å². The van der Waals surface area contributed by atoms with Crippen LogP contribution in [0.1, 0.15) is 20.8 Å². The molecule has 1 fully saturated rings. The number of esters is 6. The maximum absolute atomic E-state index is 13.0. The molecule has 1 heterocycles. The van der Waals surface area contributed by atoms with Crippen molar-refractivity contribution in [1.82, 2.24) is 0 Å². The Morgan fingerprint density at radius 1 is 0.861 bits per heavy atom. The first-order valence-electron chi connectivity index (χ1n) is 9.98. The van der Waals surface area contributed by atoms with Gasteiger partial charge in [-0.3, -0.25) is 28.8 Å². The number of hydrogen-bond acceptors (Lipinski definition) is 16. The predicted molar refractivity (Wildman–Crippen MR) is 106 cm³/mol. The van der Waals surface area contributed by atoms with Crippen molar-refractivity contribution in [2.24, 2.45) is 11.8 Å². The molecule has 1 aliphatic rings. The molecule has 1 saturated heterocycles. The summed E-state index contributed by atoms with van der Waals surface area (Å²) in [4.78, 5) is 89.7. The van der Waals surface area contributed by atoms with Crippen LogP contribution in [0.2, 0.25) is 0 Å². The van der Waals surface area contributed by atoms with E-state index in [0.717, 1.165) is 42.1 Å². The molecule has 0 aromatic rings. The monoisotopic (exact) mass is 523 g/mol. The van der Waals surface area contributed by atoms with Crippen molar-refractivity contribution in [2.45, 2.75) is 44.9 Å². The molecule has 0 spiro atoms. The summed E-state index contributed by atoms with van der Waals surface area (Å²) in [5, 5.41) is 9.98. The second-order valence-electron chi connectivity index (χ2n) is 7.13. The lowest BCUT2D eigenvalue weighted by molar-refractivity contribution is -0.797. The number of rotatable bonds is 10. The Kier molecular flexibility index (Phi) is 10.5. The summed E-state index contributed by atoms with van der Waals surface area (Å²) >= 11 is 0. The summed E-state index contributed by atoms with van der Waals surface area (Å²) in [6.45, 7) is 1.97. The molecule has 0 radical (unpaired) electrons. The van der Waals surface area contributed by atoms with Crippen molar-refractivity contribution in [3.05, 3.63) is 10.1 Å². The quantitative estimate of drug-likeness (QED) is 0.104. The second kappa shape index (κ2) is 12.6. The summed E-state index contributed by atoms with van der Waals surface area (Å²) in [6, 6.07) is 0. The first-order chi connectivity index (χ1) is 16.7. The maximum Gasteiger partial charge on any atom is 0.366 e. The van der Waals surface area contributed by atoms with Crippen LogP contribution in [-0.4, -0.2) is 92.9 Å². The lowest BCUT2D eigenvalue weighted by Crippen LogP contribution is -2.71. The van der Waals surface area contributed by atoms with Gasteiger partial charge >= 0.3 is 41.6 Å². The molecular weight excluding hydrogens is 498 g/mol. The topological polar surface area (TPSA) is 219 Å². The lowest BCUT2D eigenvalue weighted by atomic mass is 9.75. The number of nitrogens with zero attached hydrogens (tertiary/aromatic N) is 1. The van der Waals surface area contributed by atoms with Crippen molar-refractivity contribution < 1.29 is 71.8 Å². The smallest absolute Gasteiger partial charge is 0.366 e. The van der Waals surface area contributed by atoms with Gasteiger partial charge in [0.05, 0.1) is 27.2 Å². The molecule has 0 aliphatic carbocycles. The Morgan fingerprint density at radius 3 is 1.75 bits per heavy atom. The Bertz CT molecular complexity index is 886. The molecule has 0 unspecified atom stereocenters. The van der Waals surface area contributed by atoms with E-state index in [9.17, 15) is 38.9 Å². The third-order valence-corrected chi connectivity index (χ3v) is 4.81. The highest BCUT2D eigenvalue weighted by Gasteiger charge is 2.70. The van der Waals surface area contributed by atoms with Gasteiger partial charge in [-0.25, -0.2) is 4.79 Å². The molecule has 36 heavy (non-hydrogen) atoms. The number of methoxy groups -OCH3 is 3. The van der Waals surface area contributed by atoms with E-state index in [0.29, 0.717) is 0 Å². The first-order valence-corrected chi connectivity index (χ1v) is 9.98. The van der Waals surface area contributed by atoms with Gasteiger partial charge in [0.1, 0.15) is 12.7 Å². The molecule has 0 bridgehead atoms. The fraction of sp³-hybridized carbons (Fsp3) is 0.684. The molecular formula is C19H25NO16. The minimum absolute atomic E-state index is 0.763. The zero-order valence-corrected chi connectivity index (χ0v) is 20.1. The summed E-state index contributed by atoms with van der Waals surface area (Å²) in [5.41, 5.74) is 0. The van der Waals surface area contributed by atoms with E-state index in [-0.39, 0.29) is 0 Å². The van der Waals surface area contributed by atoms with Crippen LogP contribution in [0.25, 0.3) is 0 Å². The molecule has 17 heteroatoms. The van der Waals surface area contributed by atoms with Crippen molar-refractivity contribution in [1.29, 1.82) is 0 Å². The van der Waals surface area contributed by atoms with Crippen LogP contribution in [0.15, 0.2) is 0 Å². The molecule has 0 aromatic carbocycles.